The van der Waals surface area contributed by atoms with Crippen LogP contribution in [0, 0.1) is 12.7 Å². The molecule has 0 bridgehead atoms. The number of esters is 1. The SMILES string of the molecule is CCN(CCC(=O)OC)C(=O)c1cc(F)ccc1C. The fraction of sp³-hybridized carbons (Fsp3) is 0.429. The number of rotatable bonds is 5. The molecule has 0 atom stereocenters. The van der Waals surface area contributed by atoms with Gasteiger partial charge in [-0.2, -0.15) is 0 Å². The Balaban J connectivity index is 2.83. The Morgan fingerprint density at radius 3 is 2.63 bits per heavy atom. The zero-order valence-corrected chi connectivity index (χ0v) is 11.4. The summed E-state index contributed by atoms with van der Waals surface area (Å²) in [5.74, 6) is -1.09. The molecule has 1 rings (SSSR count). The van der Waals surface area contributed by atoms with Crippen molar-refractivity contribution in [3.05, 3.63) is 35.1 Å². The van der Waals surface area contributed by atoms with Crippen molar-refractivity contribution in [1.82, 2.24) is 4.90 Å². The van der Waals surface area contributed by atoms with Crippen LogP contribution in [-0.2, 0) is 9.53 Å². The molecule has 1 amide bonds. The van der Waals surface area contributed by atoms with Gasteiger partial charge in [-0.3, -0.25) is 9.59 Å². The number of nitrogens with zero attached hydrogens (tertiary/aromatic N) is 1. The standard InChI is InChI=1S/C14H18FNO3/c1-4-16(8-7-13(17)19-3)14(18)12-9-11(15)6-5-10(12)2/h5-6,9H,4,7-8H2,1-3H3. The zero-order valence-electron chi connectivity index (χ0n) is 11.4. The number of carbonyl (C=O) groups excluding carboxylic acids is 2. The maximum atomic E-state index is 13.2. The molecule has 0 aliphatic rings. The van der Waals surface area contributed by atoms with Gasteiger partial charge in [-0.05, 0) is 31.5 Å². The van der Waals surface area contributed by atoms with Crippen LogP contribution in [0.2, 0.25) is 0 Å². The molecule has 1 aromatic rings. The summed E-state index contributed by atoms with van der Waals surface area (Å²) in [4.78, 5) is 24.8. The average molecular weight is 267 g/mol. The van der Waals surface area contributed by atoms with Crippen LogP contribution in [-0.4, -0.2) is 37.0 Å². The molecular weight excluding hydrogens is 249 g/mol. The zero-order chi connectivity index (χ0) is 14.4. The molecule has 0 saturated carbocycles. The first kappa shape index (κ1) is 15.1. The van der Waals surface area contributed by atoms with Crippen molar-refractivity contribution in [3.8, 4) is 0 Å². The lowest BCUT2D eigenvalue weighted by Crippen LogP contribution is -2.33. The number of halogens is 1. The van der Waals surface area contributed by atoms with E-state index in [0.717, 1.165) is 0 Å². The van der Waals surface area contributed by atoms with Gasteiger partial charge in [-0.1, -0.05) is 6.07 Å². The number of hydrogen-bond acceptors (Lipinski definition) is 3. The van der Waals surface area contributed by atoms with E-state index in [0.29, 0.717) is 17.7 Å². The molecule has 0 aliphatic heterocycles. The number of carbonyl (C=O) groups is 2. The van der Waals surface area contributed by atoms with E-state index < -0.39 is 5.82 Å². The van der Waals surface area contributed by atoms with Crippen LogP contribution >= 0.6 is 0 Å². The number of ether oxygens (including phenoxy) is 1. The lowest BCUT2D eigenvalue weighted by atomic mass is 10.1. The highest BCUT2D eigenvalue weighted by Gasteiger charge is 2.17. The van der Waals surface area contributed by atoms with Gasteiger partial charge in [-0.15, -0.1) is 0 Å². The van der Waals surface area contributed by atoms with Gasteiger partial charge < -0.3 is 9.64 Å². The number of methoxy groups -OCH3 is 1. The van der Waals surface area contributed by atoms with Gasteiger partial charge in [0.25, 0.3) is 5.91 Å². The lowest BCUT2D eigenvalue weighted by Gasteiger charge is -2.21. The summed E-state index contributed by atoms with van der Waals surface area (Å²) in [5, 5.41) is 0. The molecule has 0 unspecified atom stereocenters. The van der Waals surface area contributed by atoms with Crippen LogP contribution in [0.5, 0.6) is 0 Å². The smallest absolute Gasteiger partial charge is 0.307 e. The molecule has 0 saturated heterocycles. The largest absolute Gasteiger partial charge is 0.469 e. The Kier molecular flexibility index (Phi) is 5.48. The van der Waals surface area contributed by atoms with E-state index in [4.69, 9.17) is 0 Å². The van der Waals surface area contributed by atoms with Crippen LogP contribution in [0.15, 0.2) is 18.2 Å². The molecule has 0 fully saturated rings. The summed E-state index contributed by atoms with van der Waals surface area (Å²) in [7, 11) is 1.30. The highest BCUT2D eigenvalue weighted by atomic mass is 19.1. The molecule has 5 heteroatoms. The van der Waals surface area contributed by atoms with E-state index in [1.165, 1.54) is 24.1 Å². The maximum Gasteiger partial charge on any atom is 0.307 e. The van der Waals surface area contributed by atoms with Crippen molar-refractivity contribution < 1.29 is 18.7 Å². The van der Waals surface area contributed by atoms with Crippen molar-refractivity contribution in [2.75, 3.05) is 20.2 Å². The summed E-state index contributed by atoms with van der Waals surface area (Å²) < 4.78 is 17.7. The first-order chi connectivity index (χ1) is 8.99. The predicted molar refractivity (Wildman–Crippen MR) is 69.3 cm³/mol. The Hall–Kier alpha value is -1.91. The Bertz CT molecular complexity index is 474. The van der Waals surface area contributed by atoms with E-state index in [2.05, 4.69) is 4.74 Å². The topological polar surface area (TPSA) is 46.6 Å². The van der Waals surface area contributed by atoms with Crippen molar-refractivity contribution in [3.63, 3.8) is 0 Å². The summed E-state index contributed by atoms with van der Waals surface area (Å²) in [6.07, 6.45) is 0.129. The lowest BCUT2D eigenvalue weighted by molar-refractivity contribution is -0.140. The summed E-state index contributed by atoms with van der Waals surface area (Å²) >= 11 is 0. The monoisotopic (exact) mass is 267 g/mol. The van der Waals surface area contributed by atoms with Crippen molar-refractivity contribution in [2.45, 2.75) is 20.3 Å². The van der Waals surface area contributed by atoms with Crippen LogP contribution in [0.1, 0.15) is 29.3 Å². The first-order valence-electron chi connectivity index (χ1n) is 6.11. The average Bonchev–Trinajstić information content (AvgIpc) is 2.41. The second-order valence-electron chi connectivity index (χ2n) is 4.17. The van der Waals surface area contributed by atoms with Gasteiger partial charge in [0.2, 0.25) is 0 Å². The molecule has 0 N–H and O–H groups in total. The first-order valence-corrected chi connectivity index (χ1v) is 6.11. The Morgan fingerprint density at radius 2 is 2.05 bits per heavy atom. The highest BCUT2D eigenvalue weighted by Crippen LogP contribution is 2.13. The van der Waals surface area contributed by atoms with Crippen LogP contribution in [0.3, 0.4) is 0 Å². The molecule has 4 nitrogen and oxygen atoms in total. The Labute approximate surface area is 112 Å². The van der Waals surface area contributed by atoms with Gasteiger partial charge in [0.15, 0.2) is 0 Å². The second kappa shape index (κ2) is 6.87. The molecule has 1 aromatic carbocycles. The van der Waals surface area contributed by atoms with Gasteiger partial charge in [-0.25, -0.2) is 4.39 Å². The molecule has 19 heavy (non-hydrogen) atoms. The minimum atomic E-state index is -0.446. The minimum Gasteiger partial charge on any atom is -0.469 e. The molecular formula is C14H18FNO3. The third-order valence-electron chi connectivity index (χ3n) is 2.91. The molecule has 0 spiro atoms. The number of amides is 1. The molecule has 0 radical (unpaired) electrons. The van der Waals surface area contributed by atoms with Crippen molar-refractivity contribution >= 4 is 11.9 Å². The van der Waals surface area contributed by atoms with Gasteiger partial charge in [0.1, 0.15) is 5.82 Å². The van der Waals surface area contributed by atoms with Crippen molar-refractivity contribution in [1.29, 1.82) is 0 Å². The van der Waals surface area contributed by atoms with E-state index in [1.54, 1.807) is 13.0 Å². The number of hydrogen-bond donors (Lipinski definition) is 0. The van der Waals surface area contributed by atoms with Crippen LogP contribution < -0.4 is 0 Å². The maximum absolute atomic E-state index is 13.2. The summed E-state index contributed by atoms with van der Waals surface area (Å²) in [5.41, 5.74) is 1.04. The third kappa shape index (κ3) is 4.05. The fourth-order valence-electron chi connectivity index (χ4n) is 1.73. The second-order valence-corrected chi connectivity index (χ2v) is 4.17. The fourth-order valence-corrected chi connectivity index (χ4v) is 1.73. The summed E-state index contributed by atoms with van der Waals surface area (Å²) in [6, 6.07) is 4.10. The van der Waals surface area contributed by atoms with E-state index in [-0.39, 0.29) is 24.8 Å². The van der Waals surface area contributed by atoms with Crippen LogP contribution in [0.25, 0.3) is 0 Å². The van der Waals surface area contributed by atoms with Gasteiger partial charge in [0.05, 0.1) is 13.5 Å². The van der Waals surface area contributed by atoms with Gasteiger partial charge >= 0.3 is 5.97 Å². The highest BCUT2D eigenvalue weighted by molar-refractivity contribution is 5.95. The molecule has 104 valence electrons. The Morgan fingerprint density at radius 1 is 1.37 bits per heavy atom. The molecule has 0 aromatic heterocycles. The molecule has 0 aliphatic carbocycles. The third-order valence-corrected chi connectivity index (χ3v) is 2.91. The predicted octanol–water partition coefficient (Wildman–Crippen LogP) is 2.16. The quantitative estimate of drug-likeness (QED) is 0.768. The minimum absolute atomic E-state index is 0.129. The van der Waals surface area contributed by atoms with Gasteiger partial charge in [0, 0.05) is 18.7 Å². The normalized spacial score (nSPS) is 10.1. The van der Waals surface area contributed by atoms with E-state index >= 15 is 0 Å². The molecule has 0 heterocycles. The number of benzene rings is 1. The van der Waals surface area contributed by atoms with Crippen LogP contribution in [0.4, 0.5) is 4.39 Å². The van der Waals surface area contributed by atoms with E-state index in [1.807, 2.05) is 6.92 Å². The van der Waals surface area contributed by atoms with Crippen molar-refractivity contribution in [2.24, 2.45) is 0 Å². The number of aryl methyl sites for hydroxylation is 1. The summed E-state index contributed by atoms with van der Waals surface area (Å²) in [6.45, 7) is 4.27. The van der Waals surface area contributed by atoms with E-state index in [9.17, 15) is 14.0 Å².